The van der Waals surface area contributed by atoms with Gasteiger partial charge in [-0.15, -0.1) is 0 Å². The van der Waals surface area contributed by atoms with Crippen LogP contribution in [0.25, 0.3) is 0 Å². The lowest BCUT2D eigenvalue weighted by atomic mass is 10.0. The fourth-order valence-corrected chi connectivity index (χ4v) is 0.805. The summed E-state index contributed by atoms with van der Waals surface area (Å²) in [5, 5.41) is 0. The van der Waals surface area contributed by atoms with Crippen LogP contribution in [0.3, 0.4) is 0 Å². The van der Waals surface area contributed by atoms with Gasteiger partial charge < -0.3 is 0 Å². The molecule has 0 bridgehead atoms. The van der Waals surface area contributed by atoms with Crippen molar-refractivity contribution in [3.63, 3.8) is 0 Å². The lowest BCUT2D eigenvalue weighted by Gasteiger charge is -2.11. The Morgan fingerprint density at radius 2 is 2.00 bits per heavy atom. The van der Waals surface area contributed by atoms with Crippen LogP contribution < -0.4 is 0 Å². The molecule has 0 aliphatic heterocycles. The first-order chi connectivity index (χ1) is 4.61. The first-order valence-corrected chi connectivity index (χ1v) is 3.02. The molecule has 56 valence electrons. The van der Waals surface area contributed by atoms with Crippen LogP contribution in [0.5, 0.6) is 0 Å². The first kappa shape index (κ1) is 7.38. The molecule has 0 aromatic carbocycles. The number of hydrogen-bond acceptors (Lipinski definition) is 0. The molecular weight excluding hydrogens is 141 g/mol. The van der Waals surface area contributed by atoms with E-state index < -0.39 is 23.4 Å². The highest BCUT2D eigenvalue weighted by Crippen LogP contribution is 2.30. The van der Waals surface area contributed by atoms with E-state index in [2.05, 4.69) is 0 Å². The normalized spacial score (nSPS) is 26.8. The fourth-order valence-electron chi connectivity index (χ4n) is 0.805. The minimum atomic E-state index is -1.07. The van der Waals surface area contributed by atoms with Crippen molar-refractivity contribution in [2.24, 2.45) is 5.92 Å². The molecule has 0 saturated carbocycles. The first-order valence-electron chi connectivity index (χ1n) is 3.02. The van der Waals surface area contributed by atoms with Crippen LogP contribution in [0, 0.1) is 5.92 Å². The minimum Gasteiger partial charge on any atom is -0.211 e. The van der Waals surface area contributed by atoms with Crippen molar-refractivity contribution < 1.29 is 13.2 Å². The second kappa shape index (κ2) is 2.48. The maximum absolute atomic E-state index is 12.4. The van der Waals surface area contributed by atoms with E-state index in [1.165, 1.54) is 6.92 Å². The third-order valence-corrected chi connectivity index (χ3v) is 1.48. The second-order valence-electron chi connectivity index (χ2n) is 2.39. The maximum atomic E-state index is 12.4. The van der Waals surface area contributed by atoms with E-state index in [0.29, 0.717) is 6.08 Å². The second-order valence-corrected chi connectivity index (χ2v) is 2.39. The van der Waals surface area contributed by atoms with Gasteiger partial charge in [-0.2, -0.15) is 0 Å². The molecule has 1 atom stereocenters. The molecule has 0 N–H and O–H groups in total. The summed E-state index contributed by atoms with van der Waals surface area (Å²) in [7, 11) is 0. The van der Waals surface area contributed by atoms with Crippen LogP contribution in [0.1, 0.15) is 13.3 Å². The van der Waals surface area contributed by atoms with Crippen molar-refractivity contribution in [3.05, 3.63) is 23.6 Å². The maximum Gasteiger partial charge on any atom is 0.157 e. The lowest BCUT2D eigenvalue weighted by Crippen LogP contribution is -2.01. The monoisotopic (exact) mass is 148 g/mol. The standard InChI is InChI=1S/C7H7F3/c1-4-2-6(9)7(10)3-5(4)8/h3-4H,2H2,1H3. The van der Waals surface area contributed by atoms with Crippen molar-refractivity contribution in [3.8, 4) is 0 Å². The molecule has 1 aliphatic carbocycles. The molecule has 0 saturated heterocycles. The van der Waals surface area contributed by atoms with Crippen LogP contribution in [-0.4, -0.2) is 0 Å². The van der Waals surface area contributed by atoms with Crippen LogP contribution in [0.2, 0.25) is 0 Å². The SMILES string of the molecule is CC1CC(F)=C(F)C=C1F. The average Bonchev–Trinajstić information content (AvgIpc) is 1.84. The summed E-state index contributed by atoms with van der Waals surface area (Å²) >= 11 is 0. The zero-order chi connectivity index (χ0) is 7.72. The molecule has 1 rings (SSSR count). The van der Waals surface area contributed by atoms with E-state index in [-0.39, 0.29) is 6.42 Å². The molecular formula is C7H7F3. The Hall–Kier alpha value is -0.730. The summed E-state index contributed by atoms with van der Waals surface area (Å²) in [6, 6.07) is 0. The quantitative estimate of drug-likeness (QED) is 0.495. The topological polar surface area (TPSA) is 0 Å². The van der Waals surface area contributed by atoms with E-state index in [4.69, 9.17) is 0 Å². The van der Waals surface area contributed by atoms with Crippen molar-refractivity contribution >= 4 is 0 Å². The van der Waals surface area contributed by atoms with E-state index >= 15 is 0 Å². The molecule has 0 nitrogen and oxygen atoms in total. The van der Waals surface area contributed by atoms with E-state index in [1.54, 1.807) is 0 Å². The summed E-state index contributed by atoms with van der Waals surface area (Å²) in [6.45, 7) is 1.51. The van der Waals surface area contributed by atoms with Gasteiger partial charge in [0.1, 0.15) is 11.7 Å². The van der Waals surface area contributed by atoms with Gasteiger partial charge in [0, 0.05) is 18.4 Å². The van der Waals surface area contributed by atoms with Gasteiger partial charge in [-0.25, -0.2) is 13.2 Å². The van der Waals surface area contributed by atoms with Gasteiger partial charge in [0.15, 0.2) is 5.83 Å². The molecule has 0 heterocycles. The summed E-state index contributed by atoms with van der Waals surface area (Å²) in [5.41, 5.74) is 0. The molecule has 0 spiro atoms. The third-order valence-electron chi connectivity index (χ3n) is 1.48. The Bertz CT molecular complexity index is 203. The molecule has 0 amide bonds. The van der Waals surface area contributed by atoms with Crippen LogP contribution in [0.4, 0.5) is 13.2 Å². The highest BCUT2D eigenvalue weighted by molar-refractivity contribution is 5.24. The summed E-state index contributed by atoms with van der Waals surface area (Å²) in [5.74, 6) is -3.03. The van der Waals surface area contributed by atoms with E-state index in [9.17, 15) is 13.2 Å². The van der Waals surface area contributed by atoms with Crippen LogP contribution in [-0.2, 0) is 0 Å². The van der Waals surface area contributed by atoms with Gasteiger partial charge in [-0.3, -0.25) is 0 Å². The zero-order valence-electron chi connectivity index (χ0n) is 5.50. The van der Waals surface area contributed by atoms with Crippen molar-refractivity contribution in [2.45, 2.75) is 13.3 Å². The predicted molar refractivity (Wildman–Crippen MR) is 32.2 cm³/mol. The molecule has 1 aliphatic rings. The third kappa shape index (κ3) is 1.23. The van der Waals surface area contributed by atoms with Crippen molar-refractivity contribution in [1.82, 2.24) is 0 Å². The largest absolute Gasteiger partial charge is 0.211 e. The lowest BCUT2D eigenvalue weighted by molar-refractivity contribution is 0.411. The summed E-state index contributed by atoms with van der Waals surface area (Å²) in [4.78, 5) is 0. The molecule has 0 aromatic rings. The number of allylic oxidation sites excluding steroid dienone is 4. The Kier molecular flexibility index (Phi) is 1.83. The Morgan fingerprint density at radius 3 is 2.50 bits per heavy atom. The number of halogens is 3. The van der Waals surface area contributed by atoms with Crippen LogP contribution >= 0.6 is 0 Å². The van der Waals surface area contributed by atoms with E-state index in [1.807, 2.05) is 0 Å². The highest BCUT2D eigenvalue weighted by atomic mass is 19.2. The molecule has 0 fully saturated rings. The van der Waals surface area contributed by atoms with Gasteiger partial charge in [0.2, 0.25) is 0 Å². The molecule has 3 heteroatoms. The molecule has 10 heavy (non-hydrogen) atoms. The van der Waals surface area contributed by atoms with Gasteiger partial charge in [0.25, 0.3) is 0 Å². The van der Waals surface area contributed by atoms with Gasteiger partial charge in [-0.05, 0) is 0 Å². The fraction of sp³-hybridized carbons (Fsp3) is 0.429. The highest BCUT2D eigenvalue weighted by Gasteiger charge is 2.19. The summed E-state index contributed by atoms with van der Waals surface area (Å²) < 4.78 is 36.9. The van der Waals surface area contributed by atoms with Gasteiger partial charge in [-0.1, -0.05) is 6.92 Å². The average molecular weight is 148 g/mol. The number of hydrogen-bond donors (Lipinski definition) is 0. The predicted octanol–water partition coefficient (Wildman–Crippen LogP) is 3.03. The van der Waals surface area contributed by atoms with Crippen molar-refractivity contribution in [2.75, 3.05) is 0 Å². The Labute approximate surface area is 57.0 Å². The van der Waals surface area contributed by atoms with Gasteiger partial charge >= 0.3 is 0 Å². The van der Waals surface area contributed by atoms with E-state index in [0.717, 1.165) is 0 Å². The Balaban J connectivity index is 2.88. The molecule has 0 aromatic heterocycles. The zero-order valence-corrected chi connectivity index (χ0v) is 5.50. The smallest absolute Gasteiger partial charge is 0.157 e. The molecule has 1 unspecified atom stereocenters. The van der Waals surface area contributed by atoms with Crippen LogP contribution in [0.15, 0.2) is 23.6 Å². The van der Waals surface area contributed by atoms with Gasteiger partial charge in [0.05, 0.1) is 0 Å². The molecule has 0 radical (unpaired) electrons. The number of rotatable bonds is 0. The Morgan fingerprint density at radius 1 is 1.40 bits per heavy atom. The summed E-state index contributed by atoms with van der Waals surface area (Å²) in [6.07, 6.45) is 0.442. The van der Waals surface area contributed by atoms with Crippen molar-refractivity contribution in [1.29, 1.82) is 0 Å². The minimum absolute atomic E-state index is 0.159.